The number of nitrogens with two attached hydrogens (primary N) is 1. The Morgan fingerprint density at radius 3 is 2.50 bits per heavy atom. The van der Waals surface area contributed by atoms with Gasteiger partial charge in [0.2, 0.25) is 0 Å². The van der Waals surface area contributed by atoms with Gasteiger partial charge in [-0.2, -0.15) is 13.2 Å². The van der Waals surface area contributed by atoms with Gasteiger partial charge in [0, 0.05) is 16.8 Å². The summed E-state index contributed by atoms with van der Waals surface area (Å²) in [6, 6.07) is 4.35. The number of benzene rings is 1. The van der Waals surface area contributed by atoms with Gasteiger partial charge in [-0.05, 0) is 29.8 Å². The average molecular weight is 222 g/mol. The summed E-state index contributed by atoms with van der Waals surface area (Å²) in [5.41, 5.74) is 5.96. The summed E-state index contributed by atoms with van der Waals surface area (Å²) in [6.45, 7) is 0. The molecular weight excluding hydrogens is 215 g/mol. The number of anilines is 1. The average Bonchev–Trinajstić information content (AvgIpc) is 2.05. The molecule has 76 valence electrons. The monoisotopic (exact) mass is 221 g/mol. The molecule has 0 saturated carbocycles. The standard InChI is InChI=1S/C9H7ClF3N/c10-7-1-2-8(14)6(5-7)3-4-9(11,12)13/h1-5H,14H2/b4-3+. The van der Waals surface area contributed by atoms with Crippen LogP contribution in [0.25, 0.3) is 6.08 Å². The summed E-state index contributed by atoms with van der Waals surface area (Å²) in [5, 5.41) is 0.348. The number of hydrogen-bond acceptors (Lipinski definition) is 1. The van der Waals surface area contributed by atoms with Crippen molar-refractivity contribution >= 4 is 23.4 Å². The molecule has 0 bridgehead atoms. The second kappa shape index (κ2) is 3.92. The van der Waals surface area contributed by atoms with Gasteiger partial charge in [-0.3, -0.25) is 0 Å². The number of alkyl halides is 3. The van der Waals surface area contributed by atoms with E-state index >= 15 is 0 Å². The second-order valence-corrected chi connectivity index (χ2v) is 3.08. The molecule has 2 N–H and O–H groups in total. The lowest BCUT2D eigenvalue weighted by atomic mass is 10.1. The van der Waals surface area contributed by atoms with Crippen molar-refractivity contribution in [3.05, 3.63) is 34.9 Å². The van der Waals surface area contributed by atoms with Gasteiger partial charge in [0.25, 0.3) is 0 Å². The van der Waals surface area contributed by atoms with E-state index in [2.05, 4.69) is 0 Å². The molecule has 0 fully saturated rings. The van der Waals surface area contributed by atoms with Crippen molar-refractivity contribution in [2.45, 2.75) is 6.18 Å². The van der Waals surface area contributed by atoms with Crippen LogP contribution < -0.4 is 5.73 Å². The molecule has 0 spiro atoms. The first-order valence-corrected chi connectivity index (χ1v) is 4.07. The highest BCUT2D eigenvalue weighted by atomic mass is 35.5. The molecule has 0 aliphatic heterocycles. The molecule has 0 saturated heterocycles. The van der Waals surface area contributed by atoms with E-state index in [-0.39, 0.29) is 17.3 Å². The van der Waals surface area contributed by atoms with Crippen molar-refractivity contribution in [2.24, 2.45) is 0 Å². The maximum absolute atomic E-state index is 11.8. The van der Waals surface area contributed by atoms with Crippen molar-refractivity contribution in [1.82, 2.24) is 0 Å². The van der Waals surface area contributed by atoms with Crippen LogP contribution in [-0.2, 0) is 0 Å². The van der Waals surface area contributed by atoms with Gasteiger partial charge in [0.15, 0.2) is 0 Å². The molecule has 0 heterocycles. The highest BCUT2D eigenvalue weighted by Gasteiger charge is 2.21. The molecule has 1 aromatic carbocycles. The van der Waals surface area contributed by atoms with Gasteiger partial charge >= 0.3 is 6.18 Å². The number of nitrogen functional groups attached to an aromatic ring is 1. The van der Waals surface area contributed by atoms with Crippen molar-refractivity contribution in [3.63, 3.8) is 0 Å². The lowest BCUT2D eigenvalue weighted by molar-refractivity contribution is -0.0790. The molecule has 1 nitrogen and oxygen atoms in total. The van der Waals surface area contributed by atoms with Gasteiger partial charge in [-0.25, -0.2) is 0 Å². The quantitative estimate of drug-likeness (QED) is 0.722. The van der Waals surface area contributed by atoms with E-state index in [0.29, 0.717) is 5.02 Å². The van der Waals surface area contributed by atoms with Crippen LogP contribution in [0.5, 0.6) is 0 Å². The Labute approximate surface area is 84.0 Å². The van der Waals surface area contributed by atoms with E-state index in [1.54, 1.807) is 0 Å². The van der Waals surface area contributed by atoms with Crippen LogP contribution in [-0.4, -0.2) is 6.18 Å². The first-order chi connectivity index (χ1) is 6.38. The fourth-order valence-electron chi connectivity index (χ4n) is 0.874. The Morgan fingerprint density at radius 2 is 1.93 bits per heavy atom. The fraction of sp³-hybridized carbons (Fsp3) is 0.111. The third-order valence-electron chi connectivity index (χ3n) is 1.50. The van der Waals surface area contributed by atoms with Gasteiger partial charge < -0.3 is 5.73 Å². The van der Waals surface area contributed by atoms with Gasteiger partial charge in [0.05, 0.1) is 0 Å². The Morgan fingerprint density at radius 1 is 1.29 bits per heavy atom. The molecule has 14 heavy (non-hydrogen) atoms. The van der Waals surface area contributed by atoms with Crippen LogP contribution in [0.3, 0.4) is 0 Å². The predicted molar refractivity (Wildman–Crippen MR) is 51.0 cm³/mol. The zero-order valence-corrected chi connectivity index (χ0v) is 7.73. The molecule has 1 rings (SSSR count). The third-order valence-corrected chi connectivity index (χ3v) is 1.74. The number of allylic oxidation sites excluding steroid dienone is 1. The highest BCUT2D eigenvalue weighted by molar-refractivity contribution is 6.30. The second-order valence-electron chi connectivity index (χ2n) is 2.65. The van der Waals surface area contributed by atoms with Crippen molar-refractivity contribution < 1.29 is 13.2 Å². The summed E-state index contributed by atoms with van der Waals surface area (Å²) in [4.78, 5) is 0. The SMILES string of the molecule is Nc1ccc(Cl)cc1/C=C/C(F)(F)F. The summed E-state index contributed by atoms with van der Waals surface area (Å²) in [5.74, 6) is 0. The summed E-state index contributed by atoms with van der Waals surface area (Å²) < 4.78 is 35.4. The molecule has 0 aliphatic rings. The van der Waals surface area contributed by atoms with Crippen molar-refractivity contribution in [3.8, 4) is 0 Å². The van der Waals surface area contributed by atoms with E-state index in [1.165, 1.54) is 18.2 Å². The molecule has 0 aromatic heterocycles. The maximum Gasteiger partial charge on any atom is 0.409 e. The summed E-state index contributed by atoms with van der Waals surface area (Å²) in [6.07, 6.45) is -3.33. The van der Waals surface area contributed by atoms with Crippen LogP contribution >= 0.6 is 11.6 Å². The molecule has 5 heteroatoms. The summed E-state index contributed by atoms with van der Waals surface area (Å²) in [7, 11) is 0. The minimum atomic E-state index is -4.34. The van der Waals surface area contributed by atoms with E-state index in [9.17, 15) is 13.2 Å². The number of hydrogen-bond donors (Lipinski definition) is 1. The number of rotatable bonds is 1. The molecule has 0 atom stereocenters. The first-order valence-electron chi connectivity index (χ1n) is 3.69. The maximum atomic E-state index is 11.8. The zero-order chi connectivity index (χ0) is 10.8. The van der Waals surface area contributed by atoms with Crippen LogP contribution in [0.1, 0.15) is 5.56 Å². The van der Waals surface area contributed by atoms with Crippen molar-refractivity contribution in [1.29, 1.82) is 0 Å². The Bertz CT molecular complexity index is 358. The van der Waals surface area contributed by atoms with Crippen LogP contribution in [0.2, 0.25) is 5.02 Å². The highest BCUT2D eigenvalue weighted by Crippen LogP contribution is 2.22. The molecule has 0 radical (unpaired) electrons. The van der Waals surface area contributed by atoms with Crippen LogP contribution in [0.15, 0.2) is 24.3 Å². The van der Waals surface area contributed by atoms with Gasteiger partial charge in [0.1, 0.15) is 0 Å². The van der Waals surface area contributed by atoms with Crippen LogP contribution in [0.4, 0.5) is 18.9 Å². The van der Waals surface area contributed by atoms with Gasteiger partial charge in [-0.1, -0.05) is 11.6 Å². The Hall–Kier alpha value is -1.16. The third kappa shape index (κ3) is 3.30. The lowest BCUT2D eigenvalue weighted by Gasteiger charge is -2.02. The smallest absolute Gasteiger partial charge is 0.398 e. The van der Waals surface area contributed by atoms with Crippen molar-refractivity contribution in [2.75, 3.05) is 5.73 Å². The minimum absolute atomic E-state index is 0.120. The van der Waals surface area contributed by atoms with Crippen LogP contribution in [0, 0.1) is 0 Å². The van der Waals surface area contributed by atoms with Gasteiger partial charge in [-0.15, -0.1) is 0 Å². The molecule has 0 amide bonds. The van der Waals surface area contributed by atoms with E-state index < -0.39 is 6.18 Å². The van der Waals surface area contributed by atoms with E-state index in [1.807, 2.05) is 0 Å². The predicted octanol–water partition coefficient (Wildman–Crippen LogP) is 3.50. The Balaban J connectivity index is 2.97. The lowest BCUT2D eigenvalue weighted by Crippen LogP contribution is -2.00. The molecule has 1 aromatic rings. The summed E-state index contributed by atoms with van der Waals surface area (Å²) >= 11 is 5.60. The minimum Gasteiger partial charge on any atom is -0.398 e. The largest absolute Gasteiger partial charge is 0.409 e. The molecular formula is C9H7ClF3N. The molecule has 0 aliphatic carbocycles. The number of halogens is 4. The van der Waals surface area contributed by atoms with E-state index in [0.717, 1.165) is 6.08 Å². The normalized spacial score (nSPS) is 12.3. The first kappa shape index (κ1) is 10.9. The Kier molecular flexibility index (Phi) is 3.06. The zero-order valence-electron chi connectivity index (χ0n) is 6.98. The molecule has 0 unspecified atom stereocenters. The topological polar surface area (TPSA) is 26.0 Å². The fourth-order valence-corrected chi connectivity index (χ4v) is 1.05. The van der Waals surface area contributed by atoms with E-state index in [4.69, 9.17) is 17.3 Å².